The fourth-order valence-electron chi connectivity index (χ4n) is 1.36. The predicted molar refractivity (Wildman–Crippen MR) is 66.4 cm³/mol. The Hall–Kier alpha value is 0.330. The molecule has 4 heteroatoms. The first-order valence-electron chi connectivity index (χ1n) is 4.45. The summed E-state index contributed by atoms with van der Waals surface area (Å²) in [5.41, 5.74) is 0.828. The number of thioether (sulfide) groups is 2. The molecule has 1 saturated heterocycles. The molecule has 1 fully saturated rings. The largest absolute Gasteiger partial charge is 0.207 e. The van der Waals surface area contributed by atoms with Crippen LogP contribution in [0.15, 0.2) is 22.7 Å². The van der Waals surface area contributed by atoms with Crippen LogP contribution in [0.2, 0.25) is 0 Å². The van der Waals surface area contributed by atoms with Crippen molar-refractivity contribution in [3.05, 3.63) is 34.1 Å². The number of benzene rings is 1. The molecule has 0 atom stereocenters. The Morgan fingerprint density at radius 2 is 2.00 bits per heavy atom. The lowest BCUT2D eigenvalue weighted by atomic mass is 10.2. The van der Waals surface area contributed by atoms with Gasteiger partial charge in [-0.05, 0) is 36.1 Å². The van der Waals surface area contributed by atoms with Crippen molar-refractivity contribution < 1.29 is 4.39 Å². The van der Waals surface area contributed by atoms with E-state index in [1.54, 1.807) is 6.07 Å². The van der Waals surface area contributed by atoms with Crippen LogP contribution in [-0.4, -0.2) is 11.5 Å². The van der Waals surface area contributed by atoms with Gasteiger partial charge in [-0.2, -0.15) is 0 Å². The summed E-state index contributed by atoms with van der Waals surface area (Å²) in [4.78, 5) is 0. The summed E-state index contributed by atoms with van der Waals surface area (Å²) in [6.45, 7) is 0. The minimum Gasteiger partial charge on any atom is -0.207 e. The van der Waals surface area contributed by atoms with Gasteiger partial charge in [0.25, 0.3) is 0 Å². The molecule has 14 heavy (non-hydrogen) atoms. The lowest BCUT2D eigenvalue weighted by Crippen LogP contribution is -2.02. The molecule has 0 spiro atoms. The number of hydrogen-bond acceptors (Lipinski definition) is 2. The maximum Gasteiger partial charge on any atom is 0.128 e. The van der Waals surface area contributed by atoms with E-state index in [1.807, 2.05) is 29.6 Å². The van der Waals surface area contributed by atoms with Crippen molar-refractivity contribution >= 4 is 39.5 Å². The van der Waals surface area contributed by atoms with Crippen LogP contribution >= 0.6 is 39.5 Å². The van der Waals surface area contributed by atoms with Crippen LogP contribution in [0, 0.1) is 5.82 Å². The average molecular weight is 293 g/mol. The number of halogens is 2. The van der Waals surface area contributed by atoms with Crippen molar-refractivity contribution in [2.45, 2.75) is 11.0 Å². The first-order valence-corrected chi connectivity index (χ1v) is 7.34. The second-order valence-electron chi connectivity index (χ2n) is 3.09. The SMILES string of the molecule is Fc1ccc(Br)cc1C1SCCCS1. The van der Waals surface area contributed by atoms with E-state index in [0.717, 1.165) is 21.5 Å². The Bertz CT molecular complexity index is 324. The molecule has 0 amide bonds. The molecule has 0 N–H and O–H groups in total. The molecule has 0 bridgehead atoms. The Balaban J connectivity index is 2.24. The molecule has 2 rings (SSSR count). The van der Waals surface area contributed by atoms with E-state index in [0.29, 0.717) is 0 Å². The van der Waals surface area contributed by atoms with Crippen molar-refractivity contribution in [2.24, 2.45) is 0 Å². The molecule has 76 valence electrons. The van der Waals surface area contributed by atoms with Crippen LogP contribution < -0.4 is 0 Å². The summed E-state index contributed by atoms with van der Waals surface area (Å²) in [6.07, 6.45) is 1.24. The standard InChI is InChI=1S/C10H10BrFS2/c11-7-2-3-9(12)8(6-7)10-13-4-1-5-14-10/h2-3,6,10H,1,4-5H2. The van der Waals surface area contributed by atoms with E-state index < -0.39 is 0 Å². The van der Waals surface area contributed by atoms with E-state index in [-0.39, 0.29) is 10.4 Å². The van der Waals surface area contributed by atoms with Gasteiger partial charge in [-0.1, -0.05) is 15.9 Å². The number of hydrogen-bond donors (Lipinski definition) is 0. The smallest absolute Gasteiger partial charge is 0.128 e. The molecular formula is C10H10BrFS2. The highest BCUT2D eigenvalue weighted by molar-refractivity contribution is 9.10. The van der Waals surface area contributed by atoms with E-state index >= 15 is 0 Å². The number of rotatable bonds is 1. The summed E-state index contributed by atoms with van der Waals surface area (Å²) >= 11 is 7.06. The highest BCUT2D eigenvalue weighted by Gasteiger charge is 2.19. The lowest BCUT2D eigenvalue weighted by molar-refractivity contribution is 0.616. The molecule has 0 saturated carbocycles. The average Bonchev–Trinajstić information content (AvgIpc) is 2.23. The molecule has 0 radical (unpaired) electrons. The zero-order valence-corrected chi connectivity index (χ0v) is 10.7. The first-order chi connectivity index (χ1) is 6.77. The van der Waals surface area contributed by atoms with Crippen LogP contribution in [-0.2, 0) is 0 Å². The molecule has 0 aromatic heterocycles. The van der Waals surface area contributed by atoms with Gasteiger partial charge >= 0.3 is 0 Å². The monoisotopic (exact) mass is 292 g/mol. The van der Waals surface area contributed by atoms with Gasteiger partial charge in [-0.3, -0.25) is 0 Å². The fourth-order valence-corrected chi connectivity index (χ4v) is 4.66. The van der Waals surface area contributed by atoms with Crippen LogP contribution in [0.3, 0.4) is 0 Å². The molecule has 0 unspecified atom stereocenters. The summed E-state index contributed by atoms with van der Waals surface area (Å²) in [5, 5.41) is 0. The topological polar surface area (TPSA) is 0 Å². The van der Waals surface area contributed by atoms with Crippen LogP contribution in [0.4, 0.5) is 4.39 Å². The Kier molecular flexibility index (Phi) is 3.79. The van der Waals surface area contributed by atoms with E-state index in [1.165, 1.54) is 12.5 Å². The maximum absolute atomic E-state index is 13.5. The third-order valence-electron chi connectivity index (χ3n) is 2.04. The van der Waals surface area contributed by atoms with Gasteiger partial charge in [0, 0.05) is 10.0 Å². The van der Waals surface area contributed by atoms with Gasteiger partial charge in [0.2, 0.25) is 0 Å². The van der Waals surface area contributed by atoms with Crippen LogP contribution in [0.5, 0.6) is 0 Å². The minimum atomic E-state index is -0.0832. The predicted octanol–water partition coefficient (Wildman–Crippen LogP) is 4.46. The third kappa shape index (κ3) is 2.47. The van der Waals surface area contributed by atoms with Crippen LogP contribution in [0.1, 0.15) is 16.6 Å². The summed E-state index contributed by atoms with van der Waals surface area (Å²) < 4.78 is 14.7. The zero-order chi connectivity index (χ0) is 9.97. The highest BCUT2D eigenvalue weighted by atomic mass is 79.9. The summed E-state index contributed by atoms with van der Waals surface area (Å²) in [6, 6.07) is 5.18. The van der Waals surface area contributed by atoms with Gasteiger partial charge in [0.1, 0.15) is 5.82 Å². The molecule has 0 nitrogen and oxygen atoms in total. The third-order valence-corrected chi connectivity index (χ3v) is 5.51. The van der Waals surface area contributed by atoms with Crippen molar-refractivity contribution in [1.29, 1.82) is 0 Å². The van der Waals surface area contributed by atoms with Crippen molar-refractivity contribution in [1.82, 2.24) is 0 Å². The molecule has 1 aromatic rings. The van der Waals surface area contributed by atoms with Gasteiger partial charge in [0.15, 0.2) is 0 Å². The molecular weight excluding hydrogens is 283 g/mol. The Morgan fingerprint density at radius 1 is 1.29 bits per heavy atom. The van der Waals surface area contributed by atoms with E-state index in [9.17, 15) is 4.39 Å². The molecule has 1 heterocycles. The van der Waals surface area contributed by atoms with Crippen molar-refractivity contribution in [3.63, 3.8) is 0 Å². The van der Waals surface area contributed by atoms with Gasteiger partial charge in [0.05, 0.1) is 4.58 Å². The highest BCUT2D eigenvalue weighted by Crippen LogP contribution is 2.44. The molecule has 0 aliphatic carbocycles. The van der Waals surface area contributed by atoms with E-state index in [4.69, 9.17) is 0 Å². The first kappa shape index (κ1) is 10.8. The normalized spacial score (nSPS) is 18.4. The lowest BCUT2D eigenvalue weighted by Gasteiger charge is -2.21. The van der Waals surface area contributed by atoms with Gasteiger partial charge in [-0.15, -0.1) is 23.5 Å². The van der Waals surface area contributed by atoms with Crippen molar-refractivity contribution in [2.75, 3.05) is 11.5 Å². The molecule has 1 aromatic carbocycles. The molecule has 1 aliphatic rings. The maximum atomic E-state index is 13.5. The Morgan fingerprint density at radius 3 is 2.71 bits per heavy atom. The Labute approximate surface area is 100 Å². The summed E-state index contributed by atoms with van der Waals surface area (Å²) in [7, 11) is 0. The minimum absolute atomic E-state index is 0.0832. The zero-order valence-electron chi connectivity index (χ0n) is 7.50. The van der Waals surface area contributed by atoms with Gasteiger partial charge < -0.3 is 0 Å². The van der Waals surface area contributed by atoms with Crippen LogP contribution in [0.25, 0.3) is 0 Å². The fraction of sp³-hybridized carbons (Fsp3) is 0.400. The second-order valence-corrected chi connectivity index (χ2v) is 6.73. The van der Waals surface area contributed by atoms with Gasteiger partial charge in [-0.25, -0.2) is 4.39 Å². The second kappa shape index (κ2) is 4.90. The van der Waals surface area contributed by atoms with Crippen molar-refractivity contribution in [3.8, 4) is 0 Å². The molecule has 1 aliphatic heterocycles. The summed E-state index contributed by atoms with van der Waals surface area (Å²) in [5.74, 6) is 2.20. The quantitative estimate of drug-likeness (QED) is 0.750. The van der Waals surface area contributed by atoms with E-state index in [2.05, 4.69) is 15.9 Å².